The van der Waals surface area contributed by atoms with Gasteiger partial charge in [0.15, 0.2) is 0 Å². The largest absolute Gasteiger partial charge is 0.459 e. The van der Waals surface area contributed by atoms with Crippen molar-refractivity contribution in [2.45, 2.75) is 24.7 Å². The van der Waals surface area contributed by atoms with Crippen LogP contribution in [0.15, 0.2) is 29.2 Å². The number of sulfonamides is 1. The molecule has 0 aromatic heterocycles. The zero-order valence-electron chi connectivity index (χ0n) is 12.2. The van der Waals surface area contributed by atoms with Gasteiger partial charge in [-0.2, -0.15) is 4.31 Å². The lowest BCUT2D eigenvalue weighted by Gasteiger charge is -2.16. The minimum atomic E-state index is -3.56. The van der Waals surface area contributed by atoms with Crippen molar-refractivity contribution >= 4 is 27.6 Å². The van der Waals surface area contributed by atoms with Crippen molar-refractivity contribution in [2.24, 2.45) is 0 Å². The maximum Gasteiger partial charge on any atom is 0.397 e. The topological polar surface area (TPSA) is 92.8 Å². The van der Waals surface area contributed by atoms with Crippen LogP contribution in [0.5, 0.6) is 0 Å². The predicted octanol–water partition coefficient (Wildman–Crippen LogP) is 0.973. The summed E-state index contributed by atoms with van der Waals surface area (Å²) in [5, 5.41) is 2.33. The molecule has 1 fully saturated rings. The summed E-state index contributed by atoms with van der Waals surface area (Å²) >= 11 is 0. The monoisotopic (exact) mass is 326 g/mol. The van der Waals surface area contributed by atoms with Gasteiger partial charge in [0.2, 0.25) is 10.0 Å². The zero-order valence-corrected chi connectivity index (χ0v) is 13.1. The minimum Gasteiger partial charge on any atom is -0.459 e. The second-order valence-electron chi connectivity index (χ2n) is 4.81. The Kier molecular flexibility index (Phi) is 5.15. The summed E-state index contributed by atoms with van der Waals surface area (Å²) < 4.78 is 30.9. The summed E-state index contributed by atoms with van der Waals surface area (Å²) in [5.41, 5.74) is 0.235. The highest BCUT2D eigenvalue weighted by Gasteiger charge is 2.27. The first-order valence-electron chi connectivity index (χ1n) is 7.03. The number of hydrogen-bond donors (Lipinski definition) is 1. The van der Waals surface area contributed by atoms with Crippen molar-refractivity contribution in [3.63, 3.8) is 0 Å². The molecule has 7 nitrogen and oxygen atoms in total. The van der Waals surface area contributed by atoms with Crippen molar-refractivity contribution < 1.29 is 22.7 Å². The summed E-state index contributed by atoms with van der Waals surface area (Å²) in [7, 11) is -3.56. The minimum absolute atomic E-state index is 0.0929. The van der Waals surface area contributed by atoms with Gasteiger partial charge in [0, 0.05) is 18.8 Å². The maximum atomic E-state index is 12.4. The van der Waals surface area contributed by atoms with E-state index in [0.717, 1.165) is 12.8 Å². The van der Waals surface area contributed by atoms with Crippen molar-refractivity contribution in [2.75, 3.05) is 25.0 Å². The average Bonchev–Trinajstić information content (AvgIpc) is 3.02. The third-order valence-corrected chi connectivity index (χ3v) is 5.15. The van der Waals surface area contributed by atoms with Gasteiger partial charge in [-0.1, -0.05) is 6.07 Å². The number of esters is 1. The molecule has 1 aliphatic rings. The van der Waals surface area contributed by atoms with Crippen molar-refractivity contribution in [1.82, 2.24) is 4.31 Å². The van der Waals surface area contributed by atoms with Crippen LogP contribution < -0.4 is 5.32 Å². The molecule has 1 aliphatic heterocycles. The van der Waals surface area contributed by atoms with Gasteiger partial charge in [0.05, 0.1) is 11.5 Å². The van der Waals surface area contributed by atoms with Gasteiger partial charge in [-0.15, -0.1) is 0 Å². The van der Waals surface area contributed by atoms with Crippen LogP contribution in [0, 0.1) is 0 Å². The quantitative estimate of drug-likeness (QED) is 0.657. The lowest BCUT2D eigenvalue weighted by molar-refractivity contribution is -0.152. The van der Waals surface area contributed by atoms with Crippen LogP contribution in [0.4, 0.5) is 5.69 Å². The fourth-order valence-electron chi connectivity index (χ4n) is 2.19. The molecule has 120 valence electrons. The van der Waals surface area contributed by atoms with Gasteiger partial charge in [-0.3, -0.25) is 4.79 Å². The van der Waals surface area contributed by atoms with Crippen LogP contribution in [0.25, 0.3) is 0 Å². The fraction of sp³-hybridized carbons (Fsp3) is 0.429. The first-order valence-corrected chi connectivity index (χ1v) is 8.47. The van der Waals surface area contributed by atoms with Crippen LogP contribution in [-0.2, 0) is 24.3 Å². The number of carbonyl (C=O) groups is 2. The Morgan fingerprint density at radius 2 is 1.95 bits per heavy atom. The molecule has 22 heavy (non-hydrogen) atoms. The molecule has 0 atom stereocenters. The first kappa shape index (κ1) is 16.4. The van der Waals surface area contributed by atoms with E-state index in [4.69, 9.17) is 0 Å². The van der Waals surface area contributed by atoms with Gasteiger partial charge in [0.1, 0.15) is 0 Å². The summed E-state index contributed by atoms with van der Waals surface area (Å²) in [6, 6.07) is 5.84. The van der Waals surface area contributed by atoms with E-state index in [1.807, 2.05) is 0 Å². The summed E-state index contributed by atoms with van der Waals surface area (Å²) in [6.45, 7) is 2.69. The van der Waals surface area contributed by atoms with Crippen LogP contribution in [0.3, 0.4) is 0 Å². The number of nitrogens with one attached hydrogen (secondary N) is 1. The average molecular weight is 326 g/mol. The number of anilines is 1. The van der Waals surface area contributed by atoms with E-state index in [-0.39, 0.29) is 17.2 Å². The Morgan fingerprint density at radius 3 is 2.59 bits per heavy atom. The van der Waals surface area contributed by atoms with Crippen LogP contribution >= 0.6 is 0 Å². The number of benzene rings is 1. The third-order valence-electron chi connectivity index (χ3n) is 3.26. The van der Waals surface area contributed by atoms with Gasteiger partial charge in [-0.25, -0.2) is 13.2 Å². The van der Waals surface area contributed by atoms with Gasteiger partial charge < -0.3 is 10.1 Å². The molecule has 8 heteroatoms. The second kappa shape index (κ2) is 6.89. The lowest BCUT2D eigenvalue weighted by atomic mass is 10.3. The number of carbonyl (C=O) groups excluding carboxylic acids is 2. The first-order chi connectivity index (χ1) is 10.4. The molecular weight excluding hydrogens is 308 g/mol. The summed E-state index contributed by atoms with van der Waals surface area (Å²) in [6.07, 6.45) is 1.69. The summed E-state index contributed by atoms with van der Waals surface area (Å²) in [5.74, 6) is -1.94. The number of ether oxygens (including phenoxy) is 1. The molecule has 2 rings (SSSR count). The van der Waals surface area contributed by atoms with Crippen molar-refractivity contribution in [3.05, 3.63) is 24.3 Å². The van der Waals surface area contributed by atoms with Gasteiger partial charge in [0.25, 0.3) is 0 Å². The molecule has 1 heterocycles. The standard InChI is InChI=1S/C14H18N2O5S/c1-2-21-14(18)13(17)15-11-6-5-7-12(10-11)22(19,20)16-8-3-4-9-16/h5-7,10H,2-4,8-9H2,1H3,(H,15,17). The molecule has 0 saturated carbocycles. The number of nitrogens with zero attached hydrogens (tertiary/aromatic N) is 1. The molecular formula is C14H18N2O5S. The Morgan fingerprint density at radius 1 is 1.27 bits per heavy atom. The number of hydrogen-bond acceptors (Lipinski definition) is 5. The molecule has 0 bridgehead atoms. The van der Waals surface area contributed by atoms with E-state index in [2.05, 4.69) is 10.1 Å². The molecule has 0 aliphatic carbocycles. The lowest BCUT2D eigenvalue weighted by Crippen LogP contribution is -2.28. The van der Waals surface area contributed by atoms with E-state index in [0.29, 0.717) is 13.1 Å². The number of amides is 1. The Labute approximate surface area is 129 Å². The van der Waals surface area contributed by atoms with E-state index in [1.165, 1.54) is 28.6 Å². The molecule has 0 unspecified atom stereocenters. The zero-order chi connectivity index (χ0) is 16.2. The van der Waals surface area contributed by atoms with E-state index in [1.54, 1.807) is 6.92 Å². The Bertz CT molecular complexity index is 666. The molecule has 1 saturated heterocycles. The smallest absolute Gasteiger partial charge is 0.397 e. The molecule has 0 spiro atoms. The predicted molar refractivity (Wildman–Crippen MR) is 79.7 cm³/mol. The Balaban J connectivity index is 2.16. The highest BCUT2D eigenvalue weighted by atomic mass is 32.2. The molecule has 1 N–H and O–H groups in total. The van der Waals surface area contributed by atoms with Crippen LogP contribution in [0.1, 0.15) is 19.8 Å². The van der Waals surface area contributed by atoms with Crippen molar-refractivity contribution in [3.8, 4) is 0 Å². The number of rotatable bonds is 4. The second-order valence-corrected chi connectivity index (χ2v) is 6.75. The normalized spacial score (nSPS) is 15.5. The molecule has 1 aromatic carbocycles. The van der Waals surface area contributed by atoms with Crippen molar-refractivity contribution in [1.29, 1.82) is 0 Å². The maximum absolute atomic E-state index is 12.4. The summed E-state index contributed by atoms with van der Waals surface area (Å²) in [4.78, 5) is 22.9. The third kappa shape index (κ3) is 3.63. The van der Waals surface area contributed by atoms with Crippen LogP contribution in [0.2, 0.25) is 0 Å². The molecule has 0 radical (unpaired) electrons. The van der Waals surface area contributed by atoms with E-state index < -0.39 is 21.9 Å². The van der Waals surface area contributed by atoms with Crippen LogP contribution in [-0.4, -0.2) is 44.3 Å². The molecule has 1 aromatic rings. The fourth-order valence-corrected chi connectivity index (χ4v) is 3.75. The van der Waals surface area contributed by atoms with Gasteiger partial charge in [-0.05, 0) is 38.0 Å². The van der Waals surface area contributed by atoms with E-state index in [9.17, 15) is 18.0 Å². The van der Waals surface area contributed by atoms with Gasteiger partial charge >= 0.3 is 11.9 Å². The Hall–Kier alpha value is -1.93. The highest BCUT2D eigenvalue weighted by molar-refractivity contribution is 7.89. The van der Waals surface area contributed by atoms with E-state index >= 15 is 0 Å². The molecule has 1 amide bonds. The SMILES string of the molecule is CCOC(=O)C(=O)Nc1cccc(S(=O)(=O)N2CCCC2)c1. The highest BCUT2D eigenvalue weighted by Crippen LogP contribution is 2.23.